The summed E-state index contributed by atoms with van der Waals surface area (Å²) in [4.78, 5) is 13.2. The number of nitrogens with one attached hydrogen (secondary N) is 1. The molecule has 418 valence electrons. The Hall–Kier alpha value is -1.53. The van der Waals surface area contributed by atoms with Gasteiger partial charge >= 0.3 is 0 Å². The first-order valence-corrected chi connectivity index (χ1v) is 29.1. The van der Waals surface area contributed by atoms with E-state index >= 15 is 0 Å². The maximum atomic E-state index is 13.2. The number of allylic oxidation sites excluding steroid dienone is 3. The summed E-state index contributed by atoms with van der Waals surface area (Å²) in [5.41, 5.74) is 0. The fourth-order valence-electron chi connectivity index (χ4n) is 9.64. The van der Waals surface area contributed by atoms with Crippen molar-refractivity contribution in [2.24, 2.45) is 0 Å². The summed E-state index contributed by atoms with van der Waals surface area (Å²) < 4.78 is 22.7. The lowest BCUT2D eigenvalue weighted by molar-refractivity contribution is -0.359. The van der Waals surface area contributed by atoms with Crippen molar-refractivity contribution in [1.82, 2.24) is 5.32 Å². The average Bonchev–Trinajstić information content (AvgIpc) is 3.37. The summed E-state index contributed by atoms with van der Waals surface area (Å²) in [7, 11) is 0. The molecule has 0 bridgehead atoms. The van der Waals surface area contributed by atoms with Gasteiger partial charge in [-0.15, -0.1) is 0 Å². The Morgan fingerprint density at radius 3 is 1.34 bits per heavy atom. The largest absolute Gasteiger partial charge is 0.394 e. The van der Waals surface area contributed by atoms with Crippen molar-refractivity contribution < 1.29 is 64.6 Å². The van der Waals surface area contributed by atoms with Crippen molar-refractivity contribution in [2.75, 3.05) is 19.8 Å². The van der Waals surface area contributed by atoms with Crippen molar-refractivity contribution >= 4 is 5.91 Å². The highest BCUT2D eigenvalue weighted by atomic mass is 16.7. The van der Waals surface area contributed by atoms with Crippen molar-refractivity contribution in [1.29, 1.82) is 0 Å². The number of aliphatic hydroxyl groups is 8. The van der Waals surface area contributed by atoms with Crippen LogP contribution in [0.4, 0.5) is 0 Å². The number of amides is 1. The summed E-state index contributed by atoms with van der Waals surface area (Å²) in [6.07, 6.45) is 33.6. The Bertz CT molecular complexity index is 1290. The van der Waals surface area contributed by atoms with E-state index in [4.69, 9.17) is 18.9 Å². The summed E-state index contributed by atoms with van der Waals surface area (Å²) in [6.45, 7) is 2.80. The average molecular weight is 1010 g/mol. The zero-order chi connectivity index (χ0) is 51.7. The van der Waals surface area contributed by atoms with Gasteiger partial charge in [0, 0.05) is 6.42 Å². The van der Waals surface area contributed by atoms with Crippen molar-refractivity contribution in [2.45, 2.75) is 312 Å². The molecule has 9 N–H and O–H groups in total. The highest BCUT2D eigenvalue weighted by Crippen LogP contribution is 2.30. The van der Waals surface area contributed by atoms with Crippen molar-refractivity contribution in [3.05, 3.63) is 24.3 Å². The molecule has 14 nitrogen and oxygen atoms in total. The Morgan fingerprint density at radius 2 is 0.887 bits per heavy atom. The molecule has 0 aromatic carbocycles. The van der Waals surface area contributed by atoms with E-state index in [-0.39, 0.29) is 18.9 Å². The van der Waals surface area contributed by atoms with Crippen molar-refractivity contribution in [3.8, 4) is 0 Å². The molecule has 12 unspecified atom stereocenters. The topological polar surface area (TPSA) is 228 Å². The lowest BCUT2D eigenvalue weighted by Crippen LogP contribution is -2.65. The van der Waals surface area contributed by atoms with Crippen LogP contribution in [0.2, 0.25) is 0 Å². The minimum atomic E-state index is -1.79. The third-order valence-electron chi connectivity index (χ3n) is 14.4. The Labute approximate surface area is 430 Å². The van der Waals surface area contributed by atoms with Gasteiger partial charge in [0.15, 0.2) is 12.6 Å². The second-order valence-electron chi connectivity index (χ2n) is 20.8. The molecule has 0 aromatic rings. The summed E-state index contributed by atoms with van der Waals surface area (Å²) in [5, 5.41) is 87.0. The van der Waals surface area contributed by atoms with E-state index < -0.39 is 86.8 Å². The number of hydrogen-bond donors (Lipinski definition) is 9. The van der Waals surface area contributed by atoms with Gasteiger partial charge in [-0.1, -0.05) is 212 Å². The molecule has 2 fully saturated rings. The SMILES string of the molecule is CCCCCCCCCC/C=C\CCCCCCCCCCCCCC(=O)NC(COC1OC(CO)C(OC2OC(CO)C(O)C(O)C2O)C(O)C1O)C(O)/C=C/CCCCCCCCCCCCCC. The summed E-state index contributed by atoms with van der Waals surface area (Å²) in [5.74, 6) is -0.239. The Balaban J connectivity index is 1.75. The van der Waals surface area contributed by atoms with Crippen LogP contribution in [-0.4, -0.2) is 140 Å². The molecule has 0 spiro atoms. The smallest absolute Gasteiger partial charge is 0.220 e. The second-order valence-corrected chi connectivity index (χ2v) is 20.8. The van der Waals surface area contributed by atoms with E-state index in [0.29, 0.717) is 6.42 Å². The van der Waals surface area contributed by atoms with Crippen molar-refractivity contribution in [3.63, 3.8) is 0 Å². The van der Waals surface area contributed by atoms with Crippen LogP contribution in [0, 0.1) is 0 Å². The third-order valence-corrected chi connectivity index (χ3v) is 14.4. The van der Waals surface area contributed by atoms with Gasteiger partial charge in [0.05, 0.1) is 32.0 Å². The van der Waals surface area contributed by atoms with Gasteiger partial charge in [-0.05, 0) is 44.9 Å². The van der Waals surface area contributed by atoms with E-state index in [1.54, 1.807) is 6.08 Å². The van der Waals surface area contributed by atoms with Crippen LogP contribution < -0.4 is 5.32 Å². The first-order chi connectivity index (χ1) is 34.6. The first kappa shape index (κ1) is 65.6. The van der Waals surface area contributed by atoms with Crippen LogP contribution in [0.3, 0.4) is 0 Å². The number of ether oxygens (including phenoxy) is 4. The maximum absolute atomic E-state index is 13.2. The quantitative estimate of drug-likeness (QED) is 0.0205. The molecular formula is C57H107NO13. The monoisotopic (exact) mass is 1010 g/mol. The second kappa shape index (κ2) is 43.7. The molecule has 0 aromatic heterocycles. The van der Waals surface area contributed by atoms with E-state index in [9.17, 15) is 45.6 Å². The molecular weight excluding hydrogens is 907 g/mol. The maximum Gasteiger partial charge on any atom is 0.220 e. The molecule has 1 amide bonds. The van der Waals surface area contributed by atoms with Gasteiger partial charge in [-0.2, -0.15) is 0 Å². The normalized spacial score (nSPS) is 25.9. The molecule has 12 atom stereocenters. The van der Waals surface area contributed by atoms with E-state index in [1.165, 1.54) is 173 Å². The highest BCUT2D eigenvalue weighted by molar-refractivity contribution is 5.76. The predicted molar refractivity (Wildman–Crippen MR) is 282 cm³/mol. The molecule has 2 heterocycles. The van der Waals surface area contributed by atoms with Gasteiger partial charge < -0.3 is 65.1 Å². The van der Waals surface area contributed by atoms with E-state index in [1.807, 2.05) is 6.08 Å². The van der Waals surface area contributed by atoms with Gasteiger partial charge in [0.25, 0.3) is 0 Å². The molecule has 71 heavy (non-hydrogen) atoms. The van der Waals surface area contributed by atoms with E-state index in [0.717, 1.165) is 38.5 Å². The third kappa shape index (κ3) is 30.0. The molecule has 2 saturated heterocycles. The first-order valence-electron chi connectivity index (χ1n) is 29.1. The van der Waals surface area contributed by atoms with Gasteiger partial charge in [0.1, 0.15) is 48.8 Å². The molecule has 2 rings (SSSR count). The fraction of sp³-hybridized carbons (Fsp3) is 0.912. The molecule has 14 heteroatoms. The van der Waals surface area contributed by atoms with Crippen LogP contribution in [0.15, 0.2) is 24.3 Å². The predicted octanol–water partition coefficient (Wildman–Crippen LogP) is 9.28. The number of unbranched alkanes of at least 4 members (excludes halogenated alkanes) is 31. The standard InChI is InChI=1S/C57H107NO13/c1-3-5-7-9-11-13-15-17-19-20-21-22-23-24-25-26-27-29-31-33-35-37-39-41-49(62)58-45(46(61)40-38-36-34-32-30-28-18-16-14-12-10-8-6-4-2)44-68-56-54(67)52(65)55(48(43-60)70-56)71-57-53(66)51(64)50(63)47(42-59)69-57/h20-21,38,40,45-48,50-57,59-61,63-67H,3-19,22-37,39,41-44H2,1-2H3,(H,58,62)/b21-20-,40-38+. The highest BCUT2D eigenvalue weighted by Gasteiger charge is 2.51. The molecule has 2 aliphatic rings. The Morgan fingerprint density at radius 1 is 0.493 bits per heavy atom. The fourth-order valence-corrected chi connectivity index (χ4v) is 9.64. The van der Waals surface area contributed by atoms with E-state index in [2.05, 4.69) is 31.3 Å². The van der Waals surface area contributed by atoms with Gasteiger partial charge in [0.2, 0.25) is 5.91 Å². The lowest BCUT2D eigenvalue weighted by atomic mass is 9.97. The minimum Gasteiger partial charge on any atom is -0.394 e. The summed E-state index contributed by atoms with van der Waals surface area (Å²) in [6, 6.07) is -0.912. The number of carbonyl (C=O) groups is 1. The van der Waals surface area contributed by atoms with Gasteiger partial charge in [-0.25, -0.2) is 0 Å². The van der Waals surface area contributed by atoms with Crippen LogP contribution >= 0.6 is 0 Å². The number of carbonyl (C=O) groups excluding carboxylic acids is 1. The minimum absolute atomic E-state index is 0.239. The molecule has 0 saturated carbocycles. The van der Waals surface area contributed by atoms with Crippen LogP contribution in [0.5, 0.6) is 0 Å². The number of aliphatic hydroxyl groups excluding tert-OH is 8. The zero-order valence-electron chi connectivity index (χ0n) is 44.7. The molecule has 0 aliphatic carbocycles. The molecule has 2 aliphatic heterocycles. The Kier molecular flexibility index (Phi) is 40.4. The zero-order valence-corrected chi connectivity index (χ0v) is 44.7. The van der Waals surface area contributed by atoms with Crippen LogP contribution in [-0.2, 0) is 23.7 Å². The lowest BCUT2D eigenvalue weighted by Gasteiger charge is -2.46. The summed E-state index contributed by atoms with van der Waals surface area (Å²) >= 11 is 0. The van der Waals surface area contributed by atoms with Crippen LogP contribution in [0.1, 0.15) is 239 Å². The van der Waals surface area contributed by atoms with Crippen LogP contribution in [0.25, 0.3) is 0 Å². The van der Waals surface area contributed by atoms with Gasteiger partial charge in [-0.3, -0.25) is 4.79 Å². The number of hydrogen-bond acceptors (Lipinski definition) is 13. The number of rotatable bonds is 46. The molecule has 0 radical (unpaired) electrons.